The van der Waals surface area contributed by atoms with Crippen molar-refractivity contribution >= 4 is 11.3 Å². The largest absolute Gasteiger partial charge is 0.416 e. The second kappa shape index (κ2) is 6.15. The topological polar surface area (TPSA) is 38.9 Å². The molecule has 0 bridgehead atoms. The molecule has 0 aliphatic heterocycles. The predicted molar refractivity (Wildman–Crippen MR) is 78.4 cm³/mol. The first kappa shape index (κ1) is 16.0. The van der Waals surface area contributed by atoms with Gasteiger partial charge in [-0.3, -0.25) is 0 Å². The van der Waals surface area contributed by atoms with Gasteiger partial charge in [-0.05, 0) is 31.9 Å². The second-order valence-corrected chi connectivity index (χ2v) is 6.40. The Bertz CT molecular complexity index is 600. The Morgan fingerprint density at radius 2 is 1.95 bits per heavy atom. The summed E-state index contributed by atoms with van der Waals surface area (Å²) >= 11 is 1.59. The maximum absolute atomic E-state index is 12.7. The molecule has 1 heterocycles. The molecule has 0 spiro atoms. The van der Waals surface area contributed by atoms with E-state index in [0.717, 1.165) is 27.7 Å². The first-order valence-corrected chi connectivity index (χ1v) is 7.42. The third-order valence-corrected chi connectivity index (χ3v) is 4.36. The minimum atomic E-state index is -4.32. The molecule has 0 aliphatic carbocycles. The van der Waals surface area contributed by atoms with Crippen LogP contribution in [-0.2, 0) is 19.0 Å². The molecule has 2 nitrogen and oxygen atoms in total. The lowest BCUT2D eigenvalue weighted by molar-refractivity contribution is -0.137. The molecule has 1 atom stereocenters. The fraction of sp³-hybridized carbons (Fsp3) is 0.400. The number of hydrogen-bond donors (Lipinski definition) is 1. The maximum atomic E-state index is 12.7. The monoisotopic (exact) mass is 314 g/mol. The van der Waals surface area contributed by atoms with E-state index in [2.05, 4.69) is 4.98 Å². The van der Waals surface area contributed by atoms with Crippen LogP contribution >= 0.6 is 11.3 Å². The molecule has 0 saturated heterocycles. The third kappa shape index (κ3) is 4.28. The molecule has 2 rings (SSSR count). The Labute approximate surface area is 125 Å². The van der Waals surface area contributed by atoms with Gasteiger partial charge in [0, 0.05) is 17.3 Å². The van der Waals surface area contributed by atoms with Crippen LogP contribution in [0.4, 0.5) is 13.2 Å². The third-order valence-electron chi connectivity index (χ3n) is 3.26. The molecule has 0 amide bonds. The van der Waals surface area contributed by atoms with Gasteiger partial charge in [-0.2, -0.15) is 13.2 Å². The molecule has 0 saturated carbocycles. The van der Waals surface area contributed by atoms with Gasteiger partial charge in [-0.25, -0.2) is 4.98 Å². The molecule has 114 valence electrons. The fourth-order valence-electron chi connectivity index (χ4n) is 2.10. The van der Waals surface area contributed by atoms with E-state index in [0.29, 0.717) is 18.4 Å². The number of nitrogens with zero attached hydrogens (tertiary/aromatic N) is 1. The number of nitrogens with two attached hydrogens (primary N) is 1. The summed E-state index contributed by atoms with van der Waals surface area (Å²) in [6.45, 7) is 3.93. The first-order chi connectivity index (χ1) is 9.75. The maximum Gasteiger partial charge on any atom is 0.416 e. The lowest BCUT2D eigenvalue weighted by Gasteiger charge is -2.12. The number of benzene rings is 1. The molecule has 21 heavy (non-hydrogen) atoms. The van der Waals surface area contributed by atoms with Crippen molar-refractivity contribution in [2.24, 2.45) is 5.73 Å². The highest BCUT2D eigenvalue weighted by atomic mass is 32.1. The van der Waals surface area contributed by atoms with Gasteiger partial charge in [0.1, 0.15) is 0 Å². The number of hydrogen-bond acceptors (Lipinski definition) is 3. The standard InChI is InChI=1S/C15H17F3N2S/c1-9-10(2)21-14(20-9)8-13(19)7-11-4-3-5-12(6-11)15(16,17)18/h3-6,13H,7-8,19H2,1-2H3. The van der Waals surface area contributed by atoms with Crippen molar-refractivity contribution < 1.29 is 13.2 Å². The van der Waals surface area contributed by atoms with E-state index in [-0.39, 0.29) is 6.04 Å². The highest BCUT2D eigenvalue weighted by molar-refractivity contribution is 7.11. The van der Waals surface area contributed by atoms with E-state index in [1.165, 1.54) is 6.07 Å². The molecule has 6 heteroatoms. The van der Waals surface area contributed by atoms with Crippen LogP contribution in [0.5, 0.6) is 0 Å². The molecule has 2 aromatic rings. The van der Waals surface area contributed by atoms with Crippen molar-refractivity contribution in [1.29, 1.82) is 0 Å². The van der Waals surface area contributed by atoms with Crippen LogP contribution < -0.4 is 5.73 Å². The molecule has 2 N–H and O–H groups in total. The van der Waals surface area contributed by atoms with Gasteiger partial charge in [-0.15, -0.1) is 11.3 Å². The quantitative estimate of drug-likeness (QED) is 0.930. The minimum Gasteiger partial charge on any atom is -0.327 e. The summed E-state index contributed by atoms with van der Waals surface area (Å²) in [7, 11) is 0. The fourth-order valence-corrected chi connectivity index (χ4v) is 3.13. The Kier molecular flexibility index (Phi) is 4.68. The number of rotatable bonds is 4. The Morgan fingerprint density at radius 3 is 2.52 bits per heavy atom. The van der Waals surface area contributed by atoms with Crippen LogP contribution in [0.1, 0.15) is 26.7 Å². The lowest BCUT2D eigenvalue weighted by atomic mass is 10.0. The average Bonchev–Trinajstić information content (AvgIpc) is 2.67. The van der Waals surface area contributed by atoms with E-state index in [1.807, 2.05) is 13.8 Å². The van der Waals surface area contributed by atoms with Crippen LogP contribution in [0, 0.1) is 13.8 Å². The van der Waals surface area contributed by atoms with Crippen LogP contribution in [0.15, 0.2) is 24.3 Å². The number of halogens is 3. The van der Waals surface area contributed by atoms with E-state index < -0.39 is 11.7 Å². The molecule has 0 fully saturated rings. The smallest absolute Gasteiger partial charge is 0.327 e. The van der Waals surface area contributed by atoms with Gasteiger partial charge in [0.25, 0.3) is 0 Å². The van der Waals surface area contributed by atoms with Crippen LogP contribution in [0.3, 0.4) is 0 Å². The Morgan fingerprint density at radius 1 is 1.24 bits per heavy atom. The van der Waals surface area contributed by atoms with E-state index >= 15 is 0 Å². The van der Waals surface area contributed by atoms with Crippen molar-refractivity contribution in [3.8, 4) is 0 Å². The van der Waals surface area contributed by atoms with Crippen molar-refractivity contribution in [2.75, 3.05) is 0 Å². The summed E-state index contributed by atoms with van der Waals surface area (Å²) in [5.74, 6) is 0. The zero-order chi connectivity index (χ0) is 15.6. The molecule has 0 aliphatic rings. The van der Waals surface area contributed by atoms with Crippen molar-refractivity contribution in [3.63, 3.8) is 0 Å². The van der Waals surface area contributed by atoms with Gasteiger partial charge >= 0.3 is 6.18 Å². The SMILES string of the molecule is Cc1nc(CC(N)Cc2cccc(C(F)(F)F)c2)sc1C. The van der Waals surface area contributed by atoms with Gasteiger partial charge in [0.05, 0.1) is 16.3 Å². The Balaban J connectivity index is 2.04. The predicted octanol–water partition coefficient (Wildman–Crippen LogP) is 3.89. The van der Waals surface area contributed by atoms with E-state index in [9.17, 15) is 13.2 Å². The zero-order valence-electron chi connectivity index (χ0n) is 11.9. The highest BCUT2D eigenvalue weighted by Crippen LogP contribution is 2.29. The first-order valence-electron chi connectivity index (χ1n) is 6.60. The van der Waals surface area contributed by atoms with Crippen LogP contribution in [-0.4, -0.2) is 11.0 Å². The van der Waals surface area contributed by atoms with Crippen LogP contribution in [0.25, 0.3) is 0 Å². The van der Waals surface area contributed by atoms with Crippen molar-refractivity contribution in [2.45, 2.75) is 38.9 Å². The van der Waals surface area contributed by atoms with E-state index in [4.69, 9.17) is 5.73 Å². The number of alkyl halides is 3. The van der Waals surface area contributed by atoms with Gasteiger partial charge in [-0.1, -0.05) is 18.2 Å². The molecule has 1 unspecified atom stereocenters. The highest BCUT2D eigenvalue weighted by Gasteiger charge is 2.30. The van der Waals surface area contributed by atoms with Gasteiger partial charge in [0.15, 0.2) is 0 Å². The summed E-state index contributed by atoms with van der Waals surface area (Å²) < 4.78 is 38.0. The summed E-state index contributed by atoms with van der Waals surface area (Å²) in [5, 5.41) is 0.935. The zero-order valence-corrected chi connectivity index (χ0v) is 12.7. The number of thiazole rings is 1. The van der Waals surface area contributed by atoms with Crippen molar-refractivity contribution in [3.05, 3.63) is 51.0 Å². The van der Waals surface area contributed by atoms with Gasteiger partial charge in [0.2, 0.25) is 0 Å². The molecular weight excluding hydrogens is 297 g/mol. The number of aryl methyl sites for hydroxylation is 2. The second-order valence-electron chi connectivity index (χ2n) is 5.12. The Hall–Kier alpha value is -1.40. The lowest BCUT2D eigenvalue weighted by Crippen LogP contribution is -2.25. The molecular formula is C15H17F3N2S. The average molecular weight is 314 g/mol. The minimum absolute atomic E-state index is 0.238. The summed E-state index contributed by atoms with van der Waals surface area (Å²) in [6.07, 6.45) is -3.33. The summed E-state index contributed by atoms with van der Waals surface area (Å²) in [6, 6.07) is 5.09. The van der Waals surface area contributed by atoms with E-state index in [1.54, 1.807) is 17.4 Å². The van der Waals surface area contributed by atoms with Crippen molar-refractivity contribution in [1.82, 2.24) is 4.98 Å². The van der Waals surface area contributed by atoms with Gasteiger partial charge < -0.3 is 5.73 Å². The summed E-state index contributed by atoms with van der Waals surface area (Å²) in [4.78, 5) is 5.56. The summed E-state index contributed by atoms with van der Waals surface area (Å²) in [5.41, 5.74) is 7.00. The molecule has 1 aromatic heterocycles. The number of aromatic nitrogens is 1. The normalized spacial score (nSPS) is 13.4. The molecule has 1 aromatic carbocycles. The van der Waals surface area contributed by atoms with Crippen LogP contribution in [0.2, 0.25) is 0 Å². The molecule has 0 radical (unpaired) electrons.